The number of ether oxygens (including phenoxy) is 1. The minimum absolute atomic E-state index is 0.0688. The van der Waals surface area contributed by atoms with Gasteiger partial charge >= 0.3 is 16.3 Å². The molecule has 0 fully saturated rings. The number of nitrogens with zero attached hydrogens (tertiary/aromatic N) is 1. The first-order valence-corrected chi connectivity index (χ1v) is 12.9. The molecule has 3 aromatic rings. The first-order valence-electron chi connectivity index (χ1n) is 11.5. The Morgan fingerprint density at radius 2 is 1.68 bits per heavy atom. The van der Waals surface area contributed by atoms with Gasteiger partial charge in [0.05, 0.1) is 12.7 Å². The van der Waals surface area contributed by atoms with Crippen LogP contribution in [0.4, 0.5) is 13.2 Å². The lowest BCUT2D eigenvalue weighted by atomic mass is 10.1. The van der Waals surface area contributed by atoms with Gasteiger partial charge in [-0.15, -0.1) is 0 Å². The lowest BCUT2D eigenvalue weighted by molar-refractivity contribution is -0.137. The maximum absolute atomic E-state index is 13.3. The molecule has 0 heterocycles. The van der Waals surface area contributed by atoms with Crippen molar-refractivity contribution in [3.05, 3.63) is 89.0 Å². The monoisotopic (exact) mass is 535 g/mol. The third-order valence-corrected chi connectivity index (χ3v) is 7.14. The van der Waals surface area contributed by atoms with Gasteiger partial charge < -0.3 is 13.8 Å². The Hall–Kier alpha value is -3.53. The molecule has 0 radical (unpaired) electrons. The molecule has 0 aromatic heterocycles. The summed E-state index contributed by atoms with van der Waals surface area (Å²) in [5, 5.41) is 0. The number of amides is 1. The zero-order valence-electron chi connectivity index (χ0n) is 20.9. The van der Waals surface area contributed by atoms with Crippen molar-refractivity contribution in [2.24, 2.45) is 0 Å². The van der Waals surface area contributed by atoms with Gasteiger partial charge in [0.25, 0.3) is 5.91 Å². The summed E-state index contributed by atoms with van der Waals surface area (Å²) in [5.74, 6) is -0.326. The van der Waals surface area contributed by atoms with Crippen molar-refractivity contribution < 1.29 is 35.3 Å². The number of hydrogen-bond acceptors (Lipinski definition) is 5. The summed E-state index contributed by atoms with van der Waals surface area (Å²) < 4.78 is 75.4. The molecular weight excluding hydrogens is 507 g/mol. The third kappa shape index (κ3) is 6.82. The normalized spacial score (nSPS) is 12.6. The number of hydrogen-bond donors (Lipinski definition) is 0. The van der Waals surface area contributed by atoms with Gasteiger partial charge in [0, 0.05) is 18.2 Å². The van der Waals surface area contributed by atoms with Crippen molar-refractivity contribution in [3.63, 3.8) is 0 Å². The van der Waals surface area contributed by atoms with Crippen molar-refractivity contribution in [1.29, 1.82) is 0 Å². The molecule has 0 bridgehead atoms. The second kappa shape index (κ2) is 11.2. The third-order valence-electron chi connectivity index (χ3n) is 5.91. The van der Waals surface area contributed by atoms with Crippen LogP contribution in [0.2, 0.25) is 0 Å². The van der Waals surface area contributed by atoms with Crippen LogP contribution in [0, 0.1) is 6.92 Å². The molecule has 0 aliphatic rings. The van der Waals surface area contributed by atoms with Crippen LogP contribution in [0.25, 0.3) is 0 Å². The van der Waals surface area contributed by atoms with E-state index in [-0.39, 0.29) is 30.0 Å². The van der Waals surface area contributed by atoms with E-state index in [0.29, 0.717) is 23.6 Å². The molecule has 1 atom stereocenters. The predicted molar refractivity (Wildman–Crippen MR) is 133 cm³/mol. The summed E-state index contributed by atoms with van der Waals surface area (Å²) in [7, 11) is -3.31. The molecular formula is C27H28F3NO5S. The Kier molecular flexibility index (Phi) is 8.53. The van der Waals surface area contributed by atoms with Crippen molar-refractivity contribution in [2.75, 3.05) is 7.11 Å². The van der Waals surface area contributed by atoms with Gasteiger partial charge in [0.1, 0.15) is 4.90 Å². The van der Waals surface area contributed by atoms with Crippen LogP contribution in [0.1, 0.15) is 47.3 Å². The average molecular weight is 536 g/mol. The van der Waals surface area contributed by atoms with E-state index in [0.717, 1.165) is 23.8 Å². The Morgan fingerprint density at radius 1 is 1.00 bits per heavy atom. The van der Waals surface area contributed by atoms with Crippen LogP contribution in [0.3, 0.4) is 0 Å². The molecule has 3 rings (SSSR count). The highest BCUT2D eigenvalue weighted by Crippen LogP contribution is 2.34. The number of benzene rings is 3. The van der Waals surface area contributed by atoms with Crippen molar-refractivity contribution >= 4 is 16.0 Å². The van der Waals surface area contributed by atoms with Gasteiger partial charge in [-0.3, -0.25) is 4.79 Å². The van der Waals surface area contributed by atoms with Gasteiger partial charge in [-0.2, -0.15) is 21.6 Å². The van der Waals surface area contributed by atoms with E-state index in [9.17, 15) is 26.4 Å². The van der Waals surface area contributed by atoms with E-state index in [2.05, 4.69) is 0 Å². The molecule has 0 aliphatic carbocycles. The summed E-state index contributed by atoms with van der Waals surface area (Å²) in [6, 6.07) is 14.9. The fourth-order valence-electron chi connectivity index (χ4n) is 3.59. The molecule has 0 saturated heterocycles. The molecule has 6 nitrogen and oxygen atoms in total. The van der Waals surface area contributed by atoms with Gasteiger partial charge in [-0.25, -0.2) is 0 Å². The zero-order valence-corrected chi connectivity index (χ0v) is 21.7. The minimum atomic E-state index is -4.72. The molecule has 0 spiro atoms. The highest BCUT2D eigenvalue weighted by Gasteiger charge is 2.32. The molecule has 10 heteroatoms. The number of carbonyl (C=O) groups excluding carboxylic acids is 1. The Bertz CT molecular complexity index is 1360. The van der Waals surface area contributed by atoms with Gasteiger partial charge in [0.15, 0.2) is 11.5 Å². The first-order chi connectivity index (χ1) is 17.4. The Balaban J connectivity index is 1.93. The van der Waals surface area contributed by atoms with Gasteiger partial charge in [-0.05, 0) is 68.3 Å². The minimum Gasteiger partial charge on any atom is -0.493 e. The molecule has 3 aromatic carbocycles. The SMILES string of the molecule is CC[C@@H](C)N(Cc1ccc(OC)c(OS(=O)(=O)c2cccc(C(F)(F)F)c2)c1)C(=O)c1ccc(C)cc1. The van der Waals surface area contributed by atoms with Crippen molar-refractivity contribution in [3.8, 4) is 11.5 Å². The maximum Gasteiger partial charge on any atom is 0.416 e. The number of carbonyl (C=O) groups is 1. The van der Waals surface area contributed by atoms with E-state index in [1.807, 2.05) is 32.9 Å². The van der Waals surface area contributed by atoms with Gasteiger partial charge in [0.2, 0.25) is 0 Å². The highest BCUT2D eigenvalue weighted by atomic mass is 32.2. The van der Waals surface area contributed by atoms with Gasteiger partial charge in [-0.1, -0.05) is 36.8 Å². The van der Waals surface area contributed by atoms with E-state index >= 15 is 0 Å². The van der Waals surface area contributed by atoms with Crippen LogP contribution in [0.5, 0.6) is 11.5 Å². The van der Waals surface area contributed by atoms with E-state index in [1.54, 1.807) is 23.1 Å². The Labute approximate surface area is 214 Å². The summed E-state index contributed by atoms with van der Waals surface area (Å²) in [6.45, 7) is 5.92. The quantitative estimate of drug-likeness (QED) is 0.304. The predicted octanol–water partition coefficient (Wildman–Crippen LogP) is 6.23. The van der Waals surface area contributed by atoms with Crippen LogP contribution in [-0.4, -0.2) is 32.4 Å². The number of rotatable bonds is 9. The fourth-order valence-corrected chi connectivity index (χ4v) is 4.57. The summed E-state index contributed by atoms with van der Waals surface area (Å²) >= 11 is 0. The average Bonchev–Trinajstić information content (AvgIpc) is 2.86. The largest absolute Gasteiger partial charge is 0.493 e. The zero-order chi connectivity index (χ0) is 27.4. The number of halogens is 3. The fraction of sp³-hybridized carbons (Fsp3) is 0.296. The Morgan fingerprint density at radius 3 is 2.27 bits per heavy atom. The lowest BCUT2D eigenvalue weighted by Gasteiger charge is -2.29. The van der Waals surface area contributed by atoms with Crippen LogP contribution in [-0.2, 0) is 22.8 Å². The van der Waals surface area contributed by atoms with Crippen LogP contribution >= 0.6 is 0 Å². The van der Waals surface area contributed by atoms with E-state index < -0.39 is 26.8 Å². The first kappa shape index (κ1) is 28.0. The van der Waals surface area contributed by atoms with E-state index in [1.165, 1.54) is 19.2 Å². The summed E-state index contributed by atoms with van der Waals surface area (Å²) in [6.07, 6.45) is -4.03. The summed E-state index contributed by atoms with van der Waals surface area (Å²) in [5.41, 5.74) is 0.973. The molecule has 1 amide bonds. The van der Waals surface area contributed by atoms with Crippen molar-refractivity contribution in [2.45, 2.75) is 50.9 Å². The lowest BCUT2D eigenvalue weighted by Crippen LogP contribution is -2.37. The van der Waals surface area contributed by atoms with Crippen LogP contribution in [0.15, 0.2) is 71.6 Å². The van der Waals surface area contributed by atoms with Crippen molar-refractivity contribution in [1.82, 2.24) is 4.90 Å². The number of aryl methyl sites for hydroxylation is 1. The highest BCUT2D eigenvalue weighted by molar-refractivity contribution is 7.87. The number of methoxy groups -OCH3 is 1. The number of alkyl halides is 3. The molecule has 198 valence electrons. The second-order valence-corrected chi connectivity index (χ2v) is 10.2. The molecule has 0 saturated carbocycles. The smallest absolute Gasteiger partial charge is 0.416 e. The molecule has 37 heavy (non-hydrogen) atoms. The second-order valence-electron chi connectivity index (χ2n) is 8.60. The van der Waals surface area contributed by atoms with Crippen LogP contribution < -0.4 is 8.92 Å². The maximum atomic E-state index is 13.3. The molecule has 0 N–H and O–H groups in total. The van der Waals surface area contributed by atoms with E-state index in [4.69, 9.17) is 8.92 Å². The summed E-state index contributed by atoms with van der Waals surface area (Å²) in [4.78, 5) is 14.3. The standard InChI is InChI=1S/C27H28F3NO5S/c1-5-19(3)31(26(32)21-12-9-18(2)10-13-21)17-20-11-14-24(35-4)25(15-20)36-37(33,34)23-8-6-7-22(16-23)27(28,29)30/h6-16,19H,5,17H2,1-4H3/t19-/m1/s1. The molecule has 0 aliphatic heterocycles. The molecule has 0 unspecified atom stereocenters. The topological polar surface area (TPSA) is 72.9 Å².